The van der Waals surface area contributed by atoms with Crippen LogP contribution in [0, 0.1) is 5.41 Å². The lowest BCUT2D eigenvalue weighted by molar-refractivity contribution is 0.102. The van der Waals surface area contributed by atoms with Crippen LogP contribution in [0.5, 0.6) is 5.75 Å². The molecule has 0 saturated heterocycles. The highest BCUT2D eigenvalue weighted by atomic mass is 35.5. The number of aromatic hydroxyl groups is 1. The number of benzene rings is 2. The molecule has 0 unspecified atom stereocenters. The van der Waals surface area contributed by atoms with Crippen molar-refractivity contribution < 1.29 is 14.7 Å². The monoisotopic (exact) mass is 408 g/mol. The van der Waals surface area contributed by atoms with Crippen molar-refractivity contribution in [3.8, 4) is 5.75 Å². The lowest BCUT2D eigenvalue weighted by Gasteiger charge is -2.13. The number of halogens is 1. The van der Waals surface area contributed by atoms with Crippen molar-refractivity contribution in [3.63, 3.8) is 0 Å². The van der Waals surface area contributed by atoms with Crippen LogP contribution >= 0.6 is 11.6 Å². The molecule has 0 aliphatic rings. The van der Waals surface area contributed by atoms with Gasteiger partial charge in [-0.25, -0.2) is 4.98 Å². The van der Waals surface area contributed by atoms with Crippen LogP contribution in [0.2, 0.25) is 5.02 Å². The third-order valence-electron chi connectivity index (χ3n) is 4.07. The molecule has 0 atom stereocenters. The van der Waals surface area contributed by atoms with Crippen molar-refractivity contribution in [3.05, 3.63) is 82.5 Å². The van der Waals surface area contributed by atoms with Crippen LogP contribution in [0.25, 0.3) is 0 Å². The second-order valence-electron chi connectivity index (χ2n) is 6.17. The van der Waals surface area contributed by atoms with Crippen LogP contribution in [0.4, 0.5) is 11.5 Å². The minimum atomic E-state index is -0.555. The average molecular weight is 409 g/mol. The molecule has 2 amide bonds. The van der Waals surface area contributed by atoms with Gasteiger partial charge < -0.3 is 21.1 Å². The van der Waals surface area contributed by atoms with Crippen LogP contribution in [-0.2, 0) is 0 Å². The summed E-state index contributed by atoms with van der Waals surface area (Å²) in [5, 5.41) is 23.4. The summed E-state index contributed by atoms with van der Waals surface area (Å²) in [6, 6.07) is 13.9. The number of nitrogens with zero attached hydrogens (tertiary/aromatic N) is 1. The Hall–Kier alpha value is -3.71. The molecule has 7 nitrogen and oxygen atoms in total. The maximum Gasteiger partial charge on any atom is 0.259 e. The van der Waals surface area contributed by atoms with Crippen molar-refractivity contribution in [1.82, 2.24) is 4.98 Å². The molecule has 0 bridgehead atoms. The van der Waals surface area contributed by atoms with Gasteiger partial charge in [-0.15, -0.1) is 0 Å². The van der Waals surface area contributed by atoms with Gasteiger partial charge in [-0.05, 0) is 48.9 Å². The molecule has 2 aromatic carbocycles. The van der Waals surface area contributed by atoms with E-state index in [0.717, 1.165) is 0 Å². The van der Waals surface area contributed by atoms with Crippen LogP contribution in [0.1, 0.15) is 33.2 Å². The number of carbonyl (C=O) groups excluding carboxylic acids is 2. The van der Waals surface area contributed by atoms with E-state index in [-0.39, 0.29) is 22.8 Å². The molecule has 0 spiro atoms. The summed E-state index contributed by atoms with van der Waals surface area (Å²) < 4.78 is 0. The Bertz CT molecular complexity index is 1080. The Labute approximate surface area is 171 Å². The highest BCUT2D eigenvalue weighted by molar-refractivity contribution is 6.30. The third-order valence-corrected chi connectivity index (χ3v) is 4.30. The number of pyridine rings is 1. The van der Waals surface area contributed by atoms with Gasteiger partial charge in [-0.1, -0.05) is 29.8 Å². The number of phenols is 1. The van der Waals surface area contributed by atoms with Gasteiger partial charge in [0.25, 0.3) is 11.8 Å². The molecule has 0 saturated carbocycles. The number of hydrogen-bond acceptors (Lipinski definition) is 5. The highest BCUT2D eigenvalue weighted by Crippen LogP contribution is 2.28. The number of carbonyl (C=O) groups is 2. The van der Waals surface area contributed by atoms with E-state index in [1.807, 2.05) is 0 Å². The molecular formula is C21H17ClN4O3. The zero-order valence-electron chi connectivity index (χ0n) is 15.4. The van der Waals surface area contributed by atoms with E-state index >= 15 is 0 Å². The number of phenolic OH excluding ortho intramolecular Hbond substituents is 1. The predicted molar refractivity (Wildman–Crippen MR) is 112 cm³/mol. The summed E-state index contributed by atoms with van der Waals surface area (Å²) in [5.74, 6) is -1.03. The van der Waals surface area contributed by atoms with Crippen LogP contribution < -0.4 is 10.6 Å². The first-order chi connectivity index (χ1) is 13.8. The fraction of sp³-hybridized carbons (Fsp3) is 0.0476. The van der Waals surface area contributed by atoms with Crippen molar-refractivity contribution in [2.75, 3.05) is 10.6 Å². The lowest BCUT2D eigenvalue weighted by Crippen LogP contribution is -2.19. The minimum Gasteiger partial charge on any atom is -0.506 e. The molecule has 8 heteroatoms. The van der Waals surface area contributed by atoms with Crippen molar-refractivity contribution in [1.29, 1.82) is 5.41 Å². The Morgan fingerprint density at radius 1 is 0.966 bits per heavy atom. The number of para-hydroxylation sites is 1. The molecule has 3 rings (SSSR count). The molecule has 0 aliphatic heterocycles. The predicted octanol–water partition coefficient (Wildman–Crippen LogP) is 4.33. The first kappa shape index (κ1) is 20.0. The van der Waals surface area contributed by atoms with Gasteiger partial charge in [0.05, 0.1) is 16.3 Å². The Morgan fingerprint density at radius 3 is 2.28 bits per heavy atom. The fourth-order valence-corrected chi connectivity index (χ4v) is 2.66. The average Bonchev–Trinajstić information content (AvgIpc) is 2.71. The second-order valence-corrected chi connectivity index (χ2v) is 6.61. The van der Waals surface area contributed by atoms with Gasteiger partial charge in [-0.3, -0.25) is 9.59 Å². The molecule has 4 N–H and O–H groups in total. The molecule has 0 radical (unpaired) electrons. The van der Waals surface area contributed by atoms with Gasteiger partial charge in [-0.2, -0.15) is 0 Å². The smallest absolute Gasteiger partial charge is 0.259 e. The zero-order valence-corrected chi connectivity index (χ0v) is 16.1. The SMILES string of the molecule is CC(=N)c1ccc(C(=O)Nc2c(O)cccc2C(=O)Nc2ccc(Cl)cn2)cc1. The van der Waals surface area contributed by atoms with Crippen LogP contribution in [0.3, 0.4) is 0 Å². The van der Waals surface area contributed by atoms with E-state index in [9.17, 15) is 14.7 Å². The standard InChI is InChI=1S/C21H17ClN4O3/c1-12(23)13-5-7-14(8-6-13)20(28)26-19-16(3-2-4-17(19)27)21(29)25-18-10-9-15(22)11-24-18/h2-11,23,27H,1H3,(H,26,28)(H,24,25,29). The summed E-state index contributed by atoms with van der Waals surface area (Å²) in [5.41, 5.74) is 1.45. The highest BCUT2D eigenvalue weighted by Gasteiger charge is 2.18. The molecular weight excluding hydrogens is 392 g/mol. The van der Waals surface area contributed by atoms with Crippen LogP contribution in [0.15, 0.2) is 60.8 Å². The van der Waals surface area contributed by atoms with Gasteiger partial charge in [0.2, 0.25) is 0 Å². The van der Waals surface area contributed by atoms with Crippen molar-refractivity contribution in [2.45, 2.75) is 6.92 Å². The summed E-state index contributed by atoms with van der Waals surface area (Å²) >= 11 is 5.79. The maximum absolute atomic E-state index is 12.6. The number of amides is 2. The normalized spacial score (nSPS) is 10.3. The number of hydrogen-bond donors (Lipinski definition) is 4. The molecule has 29 heavy (non-hydrogen) atoms. The Morgan fingerprint density at radius 2 is 1.66 bits per heavy atom. The van der Waals surface area contributed by atoms with E-state index in [4.69, 9.17) is 17.0 Å². The quantitative estimate of drug-likeness (QED) is 0.371. The van der Waals surface area contributed by atoms with Crippen molar-refractivity contribution >= 4 is 40.6 Å². The molecule has 3 aromatic rings. The molecule has 0 aliphatic carbocycles. The number of nitrogens with one attached hydrogen (secondary N) is 3. The van der Waals surface area contributed by atoms with E-state index in [1.165, 1.54) is 30.5 Å². The fourth-order valence-electron chi connectivity index (χ4n) is 2.55. The summed E-state index contributed by atoms with van der Waals surface area (Å²) in [6.45, 7) is 1.65. The number of aromatic nitrogens is 1. The first-order valence-electron chi connectivity index (χ1n) is 8.57. The van der Waals surface area contributed by atoms with E-state index in [2.05, 4.69) is 15.6 Å². The second kappa shape index (κ2) is 8.53. The van der Waals surface area contributed by atoms with Gasteiger partial charge in [0.1, 0.15) is 11.6 Å². The minimum absolute atomic E-state index is 0.0173. The first-order valence-corrected chi connectivity index (χ1v) is 8.95. The van der Waals surface area contributed by atoms with Gasteiger partial charge >= 0.3 is 0 Å². The summed E-state index contributed by atoms with van der Waals surface area (Å²) in [6.07, 6.45) is 1.39. The topological polar surface area (TPSA) is 115 Å². The number of anilines is 2. The summed E-state index contributed by atoms with van der Waals surface area (Å²) in [7, 11) is 0. The lowest BCUT2D eigenvalue weighted by atomic mass is 10.1. The van der Waals surface area contributed by atoms with Gasteiger partial charge in [0.15, 0.2) is 0 Å². The largest absolute Gasteiger partial charge is 0.506 e. The van der Waals surface area contributed by atoms with E-state index in [0.29, 0.717) is 21.9 Å². The van der Waals surface area contributed by atoms with E-state index in [1.54, 1.807) is 37.3 Å². The maximum atomic E-state index is 12.6. The number of rotatable bonds is 5. The molecule has 1 aromatic heterocycles. The van der Waals surface area contributed by atoms with Crippen molar-refractivity contribution in [2.24, 2.45) is 0 Å². The Kier molecular flexibility index (Phi) is 5.90. The van der Waals surface area contributed by atoms with Crippen LogP contribution in [-0.4, -0.2) is 27.6 Å². The molecule has 146 valence electrons. The zero-order chi connectivity index (χ0) is 21.0. The Balaban J connectivity index is 1.83. The van der Waals surface area contributed by atoms with Gasteiger partial charge in [0, 0.05) is 17.5 Å². The summed E-state index contributed by atoms with van der Waals surface area (Å²) in [4.78, 5) is 29.2. The van der Waals surface area contributed by atoms with E-state index < -0.39 is 11.8 Å². The molecule has 0 fully saturated rings. The third kappa shape index (κ3) is 4.77. The molecule has 1 heterocycles.